The Bertz CT molecular complexity index is 2540. The van der Waals surface area contributed by atoms with Crippen molar-refractivity contribution in [2.24, 2.45) is 0 Å². The number of ether oxygens (including phenoxy) is 6. The van der Waals surface area contributed by atoms with Gasteiger partial charge in [-0.1, -0.05) is 61.4 Å². The van der Waals surface area contributed by atoms with Crippen LogP contribution in [0.4, 0.5) is 0 Å². The maximum absolute atomic E-state index is 13.0. The smallest absolute Gasteiger partial charge is 0.240 e. The first-order valence-electron chi connectivity index (χ1n) is 27.6. The fraction of sp³-hybridized carbons (Fsp3) is 0.544. The molecule has 4 N–H and O–H groups in total. The number of likely N-dealkylation sites (N-methyl/N-ethyl adjacent to an activating group) is 1. The summed E-state index contributed by atoms with van der Waals surface area (Å²) in [6, 6.07) is 30.5. The van der Waals surface area contributed by atoms with Gasteiger partial charge in [0.1, 0.15) is 23.7 Å². The van der Waals surface area contributed by atoms with Crippen molar-refractivity contribution in [1.29, 1.82) is 0 Å². The number of amides is 2. The average molecular weight is 1120 g/mol. The van der Waals surface area contributed by atoms with Crippen molar-refractivity contribution in [2.75, 3.05) is 125 Å². The zero-order chi connectivity index (χ0) is 54.6. The molecule has 0 unspecified atom stereocenters. The van der Waals surface area contributed by atoms with Gasteiger partial charge in [0.2, 0.25) is 31.9 Å². The summed E-state index contributed by atoms with van der Waals surface area (Å²) in [5, 5.41) is 5.52. The molecule has 2 saturated heterocycles. The topological polar surface area (TPSA) is 216 Å². The quantitative estimate of drug-likeness (QED) is 0.0504. The highest BCUT2D eigenvalue weighted by Gasteiger charge is 2.40. The van der Waals surface area contributed by atoms with E-state index in [1.807, 2.05) is 12.1 Å². The maximum Gasteiger partial charge on any atom is 0.240 e. The molecule has 2 fully saturated rings. The number of sulfonamides is 2. The van der Waals surface area contributed by atoms with E-state index in [0.717, 1.165) is 39.0 Å². The van der Waals surface area contributed by atoms with Crippen molar-refractivity contribution in [1.82, 2.24) is 34.8 Å². The lowest BCUT2D eigenvalue weighted by atomic mass is 10.0. The van der Waals surface area contributed by atoms with Crippen LogP contribution in [0, 0.1) is 0 Å². The van der Waals surface area contributed by atoms with Gasteiger partial charge in [-0.25, -0.2) is 26.3 Å². The van der Waals surface area contributed by atoms with Crippen LogP contribution in [0.15, 0.2) is 107 Å². The normalized spacial score (nSPS) is 19.8. The van der Waals surface area contributed by atoms with Gasteiger partial charge in [-0.3, -0.25) is 24.3 Å². The first-order chi connectivity index (χ1) is 37.9. The largest absolute Gasteiger partial charge is 0.484 e. The second-order valence-corrected chi connectivity index (χ2v) is 23.8. The highest BCUT2D eigenvalue weighted by molar-refractivity contribution is 7.89. The third kappa shape index (κ3) is 17.5. The molecule has 2 heterocycles. The van der Waals surface area contributed by atoms with Gasteiger partial charge in [-0.2, -0.15) is 0 Å². The first kappa shape index (κ1) is 59.1. The Morgan fingerprint density at radius 2 is 0.846 bits per heavy atom. The van der Waals surface area contributed by atoms with Crippen molar-refractivity contribution in [3.63, 3.8) is 0 Å². The predicted octanol–water partition coefficient (Wildman–Crippen LogP) is 4.24. The predicted molar refractivity (Wildman–Crippen MR) is 296 cm³/mol. The highest BCUT2D eigenvalue weighted by Crippen LogP contribution is 2.40. The lowest BCUT2D eigenvalue weighted by molar-refractivity contribution is -0.124. The number of hydrogen-bond donors (Lipinski definition) is 4. The average Bonchev–Trinajstić information content (AvgIpc) is 4.02. The Morgan fingerprint density at radius 1 is 0.487 bits per heavy atom. The van der Waals surface area contributed by atoms with Crippen LogP contribution in [0.3, 0.4) is 0 Å². The molecule has 2 aliphatic carbocycles. The van der Waals surface area contributed by atoms with E-state index >= 15 is 0 Å². The van der Waals surface area contributed by atoms with E-state index in [0.29, 0.717) is 11.5 Å². The van der Waals surface area contributed by atoms with Gasteiger partial charge < -0.3 is 39.1 Å². The monoisotopic (exact) mass is 1120 g/mol. The van der Waals surface area contributed by atoms with Crippen molar-refractivity contribution < 1.29 is 54.8 Å². The molecule has 4 aliphatic rings. The zero-order valence-corrected chi connectivity index (χ0v) is 46.6. The van der Waals surface area contributed by atoms with E-state index in [1.54, 1.807) is 60.5 Å². The minimum Gasteiger partial charge on any atom is -0.484 e. The number of fused-ring (bicyclic) bond motifs is 2. The van der Waals surface area contributed by atoms with E-state index < -0.39 is 20.0 Å². The SMILES string of the molecule is CN(CC(=O)NCCOCCOCCNS(=O)(=O)c1ccc(O[C@H]2c3ccccc3C[C@@H]2N2CCCCC2)cc1)CC(=O)NCCOCCOCCNS(=O)(=O)c1ccc(O[C@H]2c3ccccc3C[C@@H]2N2CCCCC2)cc1. The molecule has 2 aliphatic heterocycles. The molecule has 19 nitrogen and oxygen atoms in total. The molecule has 21 heteroatoms. The zero-order valence-electron chi connectivity index (χ0n) is 45.0. The number of nitrogens with one attached hydrogen (secondary N) is 4. The molecule has 78 heavy (non-hydrogen) atoms. The van der Waals surface area contributed by atoms with Crippen LogP contribution in [0.5, 0.6) is 11.5 Å². The van der Waals surface area contributed by atoms with E-state index in [9.17, 15) is 26.4 Å². The summed E-state index contributed by atoms with van der Waals surface area (Å²) in [6.07, 6.45) is 8.96. The van der Waals surface area contributed by atoms with Gasteiger partial charge in [-0.15, -0.1) is 0 Å². The van der Waals surface area contributed by atoms with Crippen molar-refractivity contribution in [3.05, 3.63) is 119 Å². The van der Waals surface area contributed by atoms with E-state index in [-0.39, 0.29) is 138 Å². The van der Waals surface area contributed by atoms with Gasteiger partial charge in [0.15, 0.2) is 0 Å². The van der Waals surface area contributed by atoms with E-state index in [2.05, 4.69) is 66.3 Å². The molecule has 426 valence electrons. The minimum absolute atomic E-state index is 0.0139. The van der Waals surface area contributed by atoms with Crippen LogP contribution in [0.1, 0.15) is 73.0 Å². The molecule has 4 atom stereocenters. The Hall–Kier alpha value is -5.04. The van der Waals surface area contributed by atoms with E-state index in [1.165, 1.54) is 60.8 Å². The molecular weight excluding hydrogens is 1040 g/mol. The number of nitrogens with zero attached hydrogens (tertiary/aromatic N) is 3. The summed E-state index contributed by atoms with van der Waals surface area (Å²) in [6.45, 7) is 6.85. The number of carbonyl (C=O) groups is 2. The number of carbonyl (C=O) groups excluding carboxylic acids is 2. The third-order valence-corrected chi connectivity index (χ3v) is 17.5. The molecule has 2 amide bonds. The number of piperidine rings is 2. The summed E-state index contributed by atoms with van der Waals surface area (Å²) in [4.78, 5) is 31.8. The molecular formula is C57H79N7O12S2. The molecule has 0 radical (unpaired) electrons. The highest BCUT2D eigenvalue weighted by atomic mass is 32.2. The lowest BCUT2D eigenvalue weighted by Gasteiger charge is -2.35. The minimum atomic E-state index is -3.75. The molecule has 0 bridgehead atoms. The van der Waals surface area contributed by atoms with Crippen LogP contribution < -0.4 is 29.6 Å². The molecule has 4 aromatic rings. The number of rotatable bonds is 32. The van der Waals surface area contributed by atoms with Crippen LogP contribution in [-0.2, 0) is 61.4 Å². The molecule has 0 saturated carbocycles. The van der Waals surface area contributed by atoms with Gasteiger partial charge in [-0.05, 0) is 143 Å². The second-order valence-electron chi connectivity index (χ2n) is 20.3. The summed E-state index contributed by atoms with van der Waals surface area (Å²) < 4.78 is 92.4. The van der Waals surface area contributed by atoms with E-state index in [4.69, 9.17) is 28.4 Å². The van der Waals surface area contributed by atoms with Gasteiger partial charge in [0.25, 0.3) is 0 Å². The van der Waals surface area contributed by atoms with Gasteiger partial charge in [0, 0.05) is 26.2 Å². The van der Waals surface area contributed by atoms with Gasteiger partial charge >= 0.3 is 0 Å². The summed E-state index contributed by atoms with van der Waals surface area (Å²) in [5.41, 5.74) is 5.01. The standard InChI is InChI=1S/C57H79N7O12S2/c1-62(42-54(65)58-24-32-71-36-38-73-34-26-60-77(67,68)48-20-16-46(17-21-48)75-56-50-14-6-4-12-44(50)40-52(56)63-28-8-2-9-29-63)43-55(66)59-25-33-72-37-39-74-35-27-61-78(69,70)49-22-18-47(19-23-49)76-57-51-15-7-5-13-45(51)41-53(57)64-30-10-3-11-31-64/h4-7,12-23,52-53,56-57,60-61H,2-3,8-11,24-43H2,1H3,(H,58,65)(H,59,66)/t52-,53-,56-,57-/m0/s1. The second kappa shape index (κ2) is 30.0. The third-order valence-electron chi connectivity index (χ3n) is 14.6. The molecule has 0 aromatic heterocycles. The number of hydrogen-bond acceptors (Lipinski definition) is 15. The van der Waals surface area contributed by atoms with Crippen molar-refractivity contribution in [2.45, 2.75) is 85.4 Å². The van der Waals surface area contributed by atoms with Crippen molar-refractivity contribution >= 4 is 31.9 Å². The summed E-state index contributed by atoms with van der Waals surface area (Å²) in [7, 11) is -5.84. The van der Waals surface area contributed by atoms with Crippen LogP contribution >= 0.6 is 0 Å². The van der Waals surface area contributed by atoms with Crippen LogP contribution in [-0.4, -0.2) is 181 Å². The van der Waals surface area contributed by atoms with Gasteiger partial charge in [0.05, 0.1) is 87.8 Å². The Labute approximate surface area is 461 Å². The maximum atomic E-state index is 13.0. The Morgan fingerprint density at radius 3 is 1.23 bits per heavy atom. The Balaban J connectivity index is 0.594. The molecule has 0 spiro atoms. The molecule has 4 aromatic carbocycles. The fourth-order valence-corrected chi connectivity index (χ4v) is 12.7. The van der Waals surface area contributed by atoms with Crippen LogP contribution in [0.25, 0.3) is 0 Å². The van der Waals surface area contributed by atoms with Crippen LogP contribution in [0.2, 0.25) is 0 Å². The lowest BCUT2D eigenvalue weighted by Crippen LogP contribution is -2.43. The number of benzene rings is 4. The Kier molecular flexibility index (Phi) is 22.7. The molecule has 8 rings (SSSR count). The summed E-state index contributed by atoms with van der Waals surface area (Å²) >= 11 is 0. The fourth-order valence-electron chi connectivity index (χ4n) is 10.7. The first-order valence-corrected chi connectivity index (χ1v) is 30.6. The summed E-state index contributed by atoms with van der Waals surface area (Å²) in [5.74, 6) is 0.740. The number of likely N-dealkylation sites (tertiary alicyclic amines) is 2. The van der Waals surface area contributed by atoms with Crippen molar-refractivity contribution in [3.8, 4) is 11.5 Å².